The first-order valence-electron chi connectivity index (χ1n) is 19.7. The first-order chi connectivity index (χ1) is 30.0. The maximum atomic E-state index is 13.5. The van der Waals surface area contributed by atoms with Gasteiger partial charge >= 0.3 is 5.97 Å². The first-order valence-corrected chi connectivity index (χ1v) is 19.7. The van der Waals surface area contributed by atoms with Crippen LogP contribution in [0.4, 0.5) is 5.69 Å². The molecule has 0 aliphatic carbocycles. The minimum Gasteiger partial charge on any atom is -0.504 e. The molecule has 0 fully saturated rings. The van der Waals surface area contributed by atoms with E-state index in [0.717, 1.165) is 5.56 Å². The summed E-state index contributed by atoms with van der Waals surface area (Å²) >= 11 is 0. The van der Waals surface area contributed by atoms with Gasteiger partial charge in [0.25, 0.3) is 11.8 Å². The highest BCUT2D eigenvalue weighted by atomic mass is 16.5. The number of ketones is 3. The van der Waals surface area contributed by atoms with E-state index in [1.54, 1.807) is 63.2 Å². The summed E-state index contributed by atoms with van der Waals surface area (Å²) in [5.74, 6) is -4.68. The van der Waals surface area contributed by atoms with Crippen LogP contribution in [0.5, 0.6) is 11.5 Å². The maximum absolute atomic E-state index is 13.5. The molecule has 5 aromatic carbocycles. The molecule has 14 heteroatoms. The number of carbonyl (C=O) groups is 7. The minimum atomic E-state index is -1.26. The molecule has 320 valence electrons. The third kappa shape index (κ3) is 12.7. The lowest BCUT2D eigenvalue weighted by molar-refractivity contribution is -0.125. The molecular weight excluding hydrogens is 805 g/mol. The Morgan fingerprint density at radius 1 is 0.746 bits per heavy atom. The largest absolute Gasteiger partial charge is 0.504 e. The van der Waals surface area contributed by atoms with Crippen molar-refractivity contribution in [3.8, 4) is 17.6 Å². The third-order valence-electron chi connectivity index (χ3n) is 9.72. The van der Waals surface area contributed by atoms with Gasteiger partial charge < -0.3 is 31.3 Å². The summed E-state index contributed by atoms with van der Waals surface area (Å²) in [5, 5.41) is 34.6. The molecule has 0 bridgehead atoms. The number of phenols is 1. The molecule has 1 atom stereocenters. The fourth-order valence-corrected chi connectivity index (χ4v) is 6.39. The Kier molecular flexibility index (Phi) is 15.2. The molecule has 0 radical (unpaired) electrons. The number of carboxylic acid groups (broad SMARTS) is 1. The van der Waals surface area contributed by atoms with Crippen molar-refractivity contribution in [3.63, 3.8) is 0 Å². The number of carbonyl (C=O) groups excluding carboxylic acids is 6. The van der Waals surface area contributed by atoms with Gasteiger partial charge in [-0.2, -0.15) is 5.26 Å². The lowest BCUT2D eigenvalue weighted by Crippen LogP contribution is -2.44. The number of rotatable bonds is 19. The number of nitrogens with one attached hydrogen (secondary N) is 2. The number of nitriles is 1. The van der Waals surface area contributed by atoms with Crippen molar-refractivity contribution in [2.75, 3.05) is 5.32 Å². The second-order valence-electron chi connectivity index (χ2n) is 14.9. The molecule has 0 spiro atoms. The topological polar surface area (TPSA) is 243 Å². The van der Waals surface area contributed by atoms with Crippen LogP contribution in [-0.2, 0) is 33.6 Å². The van der Waals surface area contributed by atoms with Gasteiger partial charge in [0.05, 0.1) is 41.3 Å². The van der Waals surface area contributed by atoms with Gasteiger partial charge in [0, 0.05) is 47.2 Å². The van der Waals surface area contributed by atoms with Gasteiger partial charge in [-0.05, 0) is 98.1 Å². The van der Waals surface area contributed by atoms with Crippen LogP contribution in [0.2, 0.25) is 0 Å². The molecular formula is C49H44N4O10. The standard InChI is InChI=1S/C49H44N4O10/c1-28(2)63-46-37(18-21-39(45(46)58)42(55)23-31-10-14-36(15-11-31)49(61)62)25-41(54)34-12-8-32(9-13-34)24-43(56)40(26-44(51)57)53-48(60)35-16-19-38(20-17-35)52-47(59)29(3)22-30-4-6-33(27-50)7-5-30/h4-22,28,40,58H,23-26H2,1-3H3,(H2,51,57)(H,52,59)(H,53,60)(H,61,62)/b29-22+/t40-/m0/s1. The summed E-state index contributed by atoms with van der Waals surface area (Å²) in [6.45, 7) is 5.09. The zero-order valence-corrected chi connectivity index (χ0v) is 34.6. The monoisotopic (exact) mass is 848 g/mol. The Labute approximate surface area is 363 Å². The number of ether oxygens (including phenoxy) is 1. The first kappa shape index (κ1) is 45.9. The normalized spacial score (nSPS) is 11.5. The van der Waals surface area contributed by atoms with Crippen molar-refractivity contribution in [2.45, 2.75) is 58.6 Å². The quantitative estimate of drug-likeness (QED) is 0.0448. The molecule has 5 rings (SSSR count). The van der Waals surface area contributed by atoms with Gasteiger partial charge in [0.2, 0.25) is 5.91 Å². The Balaban J connectivity index is 1.20. The highest BCUT2D eigenvalue weighted by molar-refractivity contribution is 6.07. The van der Waals surface area contributed by atoms with E-state index in [1.165, 1.54) is 72.8 Å². The van der Waals surface area contributed by atoms with Crippen LogP contribution in [0, 0.1) is 11.3 Å². The number of aromatic hydroxyl groups is 1. The number of anilines is 1. The van der Waals surface area contributed by atoms with Gasteiger partial charge in [0.1, 0.15) is 0 Å². The smallest absolute Gasteiger partial charge is 0.335 e. The van der Waals surface area contributed by atoms with Crippen molar-refractivity contribution in [1.82, 2.24) is 5.32 Å². The van der Waals surface area contributed by atoms with Crippen LogP contribution < -0.4 is 21.1 Å². The van der Waals surface area contributed by atoms with Gasteiger partial charge in [-0.3, -0.25) is 28.8 Å². The summed E-state index contributed by atoms with van der Waals surface area (Å²) in [4.78, 5) is 89.1. The van der Waals surface area contributed by atoms with Crippen LogP contribution in [0.1, 0.15) is 96.4 Å². The Morgan fingerprint density at radius 3 is 1.90 bits per heavy atom. The molecule has 0 heterocycles. The number of hydrogen-bond donors (Lipinski definition) is 5. The number of nitrogens with two attached hydrogens (primary N) is 1. The van der Waals surface area contributed by atoms with Gasteiger partial charge in [0.15, 0.2) is 28.8 Å². The molecule has 0 aliphatic rings. The molecule has 0 aromatic heterocycles. The Hall–Kier alpha value is -8.18. The van der Waals surface area contributed by atoms with E-state index < -0.39 is 53.7 Å². The van der Waals surface area contributed by atoms with E-state index in [0.29, 0.717) is 33.5 Å². The lowest BCUT2D eigenvalue weighted by atomic mass is 9.95. The van der Waals surface area contributed by atoms with Gasteiger partial charge in [-0.15, -0.1) is 0 Å². The number of amides is 3. The Morgan fingerprint density at radius 2 is 1.33 bits per heavy atom. The number of benzene rings is 5. The fourth-order valence-electron chi connectivity index (χ4n) is 6.39. The summed E-state index contributed by atoms with van der Waals surface area (Å²) in [5.41, 5.74) is 9.33. The number of carboxylic acids is 1. The molecule has 0 aliphatic heterocycles. The van der Waals surface area contributed by atoms with E-state index >= 15 is 0 Å². The SMILES string of the molecule is C/C(=C\c1ccc(C#N)cc1)C(=O)Nc1ccc(C(=O)N[C@@H](CC(N)=O)C(=O)Cc2ccc(C(=O)Cc3ccc(C(=O)Cc4ccc(C(=O)O)cc4)c(O)c3OC(C)C)cc2)cc1. The number of hydrogen-bond acceptors (Lipinski definition) is 10. The van der Waals surface area contributed by atoms with Crippen molar-refractivity contribution in [3.05, 3.63) is 165 Å². The highest BCUT2D eigenvalue weighted by Gasteiger charge is 2.25. The van der Waals surface area contributed by atoms with E-state index in [2.05, 4.69) is 10.6 Å². The van der Waals surface area contributed by atoms with Gasteiger partial charge in [-0.25, -0.2) is 4.79 Å². The molecule has 0 unspecified atom stereocenters. The molecule has 0 saturated heterocycles. The zero-order chi connectivity index (χ0) is 45.8. The maximum Gasteiger partial charge on any atom is 0.335 e. The summed E-state index contributed by atoms with van der Waals surface area (Å²) in [7, 11) is 0. The molecule has 14 nitrogen and oxygen atoms in total. The molecule has 3 amide bonds. The van der Waals surface area contributed by atoms with Crippen LogP contribution in [0.15, 0.2) is 115 Å². The van der Waals surface area contributed by atoms with Crippen molar-refractivity contribution in [1.29, 1.82) is 5.26 Å². The van der Waals surface area contributed by atoms with Crippen molar-refractivity contribution < 1.29 is 48.5 Å². The predicted octanol–water partition coefficient (Wildman–Crippen LogP) is 6.43. The predicted molar refractivity (Wildman–Crippen MR) is 233 cm³/mol. The van der Waals surface area contributed by atoms with Crippen LogP contribution >= 0.6 is 0 Å². The van der Waals surface area contributed by atoms with E-state index in [-0.39, 0.29) is 59.0 Å². The average molecular weight is 849 g/mol. The lowest BCUT2D eigenvalue weighted by Gasteiger charge is -2.18. The van der Waals surface area contributed by atoms with Crippen molar-refractivity contribution >= 4 is 52.8 Å². The fraction of sp³-hybridized carbons (Fsp3) is 0.184. The highest BCUT2D eigenvalue weighted by Crippen LogP contribution is 2.36. The summed E-state index contributed by atoms with van der Waals surface area (Å²) in [6.07, 6.45) is 0.273. The van der Waals surface area contributed by atoms with E-state index in [1.807, 2.05) is 6.07 Å². The number of aromatic carboxylic acids is 1. The van der Waals surface area contributed by atoms with E-state index in [4.69, 9.17) is 20.8 Å². The third-order valence-corrected chi connectivity index (χ3v) is 9.72. The van der Waals surface area contributed by atoms with Crippen LogP contribution in [0.25, 0.3) is 6.08 Å². The van der Waals surface area contributed by atoms with Gasteiger partial charge in [-0.1, -0.05) is 54.6 Å². The number of nitrogens with zero attached hydrogens (tertiary/aromatic N) is 1. The second-order valence-corrected chi connectivity index (χ2v) is 14.9. The van der Waals surface area contributed by atoms with Crippen LogP contribution in [-0.4, -0.2) is 63.4 Å². The molecule has 0 saturated carbocycles. The van der Waals surface area contributed by atoms with E-state index in [9.17, 15) is 38.7 Å². The minimum absolute atomic E-state index is 0.0160. The van der Waals surface area contributed by atoms with Crippen LogP contribution in [0.3, 0.4) is 0 Å². The average Bonchev–Trinajstić information content (AvgIpc) is 3.25. The number of Topliss-reactive ketones (excluding diaryl/α,β-unsaturated/α-hetero) is 3. The van der Waals surface area contributed by atoms with Crippen molar-refractivity contribution in [2.24, 2.45) is 5.73 Å². The zero-order valence-electron chi connectivity index (χ0n) is 34.6. The Bertz CT molecular complexity index is 2630. The number of phenolic OH excluding ortho intramolecular Hbond substituents is 1. The second kappa shape index (κ2) is 20.9. The molecule has 5 aromatic rings. The summed E-state index contributed by atoms with van der Waals surface area (Å²) < 4.78 is 5.87. The number of primary amides is 1. The molecule has 63 heavy (non-hydrogen) atoms. The summed E-state index contributed by atoms with van der Waals surface area (Å²) in [6, 6.07) is 28.4. The molecule has 6 N–H and O–H groups in total.